The van der Waals surface area contributed by atoms with Crippen molar-refractivity contribution in [1.82, 2.24) is 19.6 Å². The molecular formula is C19H32N4O2. The van der Waals surface area contributed by atoms with Crippen LogP contribution >= 0.6 is 0 Å². The Labute approximate surface area is 151 Å². The summed E-state index contributed by atoms with van der Waals surface area (Å²) in [5, 5.41) is 9.52. The molecule has 3 fully saturated rings. The fraction of sp³-hybridized carbons (Fsp3) is 0.842. The van der Waals surface area contributed by atoms with Crippen molar-refractivity contribution < 1.29 is 9.90 Å². The number of rotatable bonds is 6. The van der Waals surface area contributed by atoms with Crippen LogP contribution < -0.4 is 0 Å². The van der Waals surface area contributed by atoms with Crippen molar-refractivity contribution >= 4 is 5.91 Å². The molecule has 0 radical (unpaired) electrons. The average Bonchev–Trinajstić information content (AvgIpc) is 3.25. The summed E-state index contributed by atoms with van der Waals surface area (Å²) in [5.41, 5.74) is 0. The molecule has 0 aromatic heterocycles. The SMILES string of the molecule is C#CCN1CCN(C(=O)CN2CCCC2CN2CCCC2CO)CC1. The first-order valence-corrected chi connectivity index (χ1v) is 9.74. The molecule has 3 heterocycles. The molecular weight excluding hydrogens is 316 g/mol. The molecule has 0 aliphatic carbocycles. The number of hydrogen-bond donors (Lipinski definition) is 1. The summed E-state index contributed by atoms with van der Waals surface area (Å²) < 4.78 is 0. The van der Waals surface area contributed by atoms with Gasteiger partial charge in [-0.3, -0.25) is 19.5 Å². The maximum absolute atomic E-state index is 12.7. The van der Waals surface area contributed by atoms with Gasteiger partial charge in [-0.1, -0.05) is 5.92 Å². The van der Waals surface area contributed by atoms with Crippen molar-refractivity contribution in [3.63, 3.8) is 0 Å². The Balaban J connectivity index is 1.46. The molecule has 3 aliphatic heterocycles. The first-order chi connectivity index (χ1) is 12.2. The van der Waals surface area contributed by atoms with Crippen molar-refractivity contribution in [1.29, 1.82) is 0 Å². The number of amides is 1. The van der Waals surface area contributed by atoms with E-state index in [1.807, 2.05) is 4.90 Å². The number of terminal acetylenes is 1. The highest BCUT2D eigenvalue weighted by Gasteiger charge is 2.33. The zero-order valence-corrected chi connectivity index (χ0v) is 15.3. The minimum absolute atomic E-state index is 0.257. The monoisotopic (exact) mass is 348 g/mol. The van der Waals surface area contributed by atoms with Gasteiger partial charge in [-0.25, -0.2) is 0 Å². The van der Waals surface area contributed by atoms with Gasteiger partial charge in [0.25, 0.3) is 0 Å². The highest BCUT2D eigenvalue weighted by Crippen LogP contribution is 2.23. The third-order valence-corrected chi connectivity index (χ3v) is 6.03. The average molecular weight is 348 g/mol. The van der Waals surface area contributed by atoms with Gasteiger partial charge in [-0.2, -0.15) is 0 Å². The Morgan fingerprint density at radius 2 is 1.68 bits per heavy atom. The van der Waals surface area contributed by atoms with E-state index in [0.29, 0.717) is 25.2 Å². The van der Waals surface area contributed by atoms with Crippen LogP contribution in [0.5, 0.6) is 0 Å². The van der Waals surface area contributed by atoms with Gasteiger partial charge in [0.15, 0.2) is 0 Å². The lowest BCUT2D eigenvalue weighted by atomic mass is 10.2. The molecule has 0 spiro atoms. The van der Waals surface area contributed by atoms with Crippen molar-refractivity contribution in [2.45, 2.75) is 37.8 Å². The number of nitrogens with zero attached hydrogens (tertiary/aromatic N) is 4. The van der Waals surface area contributed by atoms with E-state index in [4.69, 9.17) is 6.42 Å². The number of piperazine rings is 1. The summed E-state index contributed by atoms with van der Waals surface area (Å²) >= 11 is 0. The van der Waals surface area contributed by atoms with Crippen molar-refractivity contribution in [3.05, 3.63) is 0 Å². The summed E-state index contributed by atoms with van der Waals surface area (Å²) in [6.07, 6.45) is 9.98. The molecule has 3 rings (SSSR count). The number of carbonyl (C=O) groups is 1. The lowest BCUT2D eigenvalue weighted by Crippen LogP contribution is -2.52. The molecule has 3 aliphatic rings. The fourth-order valence-electron chi connectivity index (χ4n) is 4.48. The van der Waals surface area contributed by atoms with Crippen molar-refractivity contribution in [2.24, 2.45) is 0 Å². The molecule has 6 nitrogen and oxygen atoms in total. The molecule has 25 heavy (non-hydrogen) atoms. The summed E-state index contributed by atoms with van der Waals surface area (Å²) in [7, 11) is 0. The first-order valence-electron chi connectivity index (χ1n) is 9.74. The van der Waals surface area contributed by atoms with E-state index in [2.05, 4.69) is 20.6 Å². The molecule has 2 unspecified atom stereocenters. The second-order valence-electron chi connectivity index (χ2n) is 7.60. The normalized spacial score (nSPS) is 29.2. The smallest absolute Gasteiger partial charge is 0.236 e. The Hall–Kier alpha value is -1.13. The Morgan fingerprint density at radius 1 is 1.00 bits per heavy atom. The fourth-order valence-corrected chi connectivity index (χ4v) is 4.48. The molecule has 1 N–H and O–H groups in total. The number of carbonyl (C=O) groups excluding carboxylic acids is 1. The Kier molecular flexibility index (Phi) is 6.71. The van der Waals surface area contributed by atoms with Crippen LogP contribution in [0.25, 0.3) is 0 Å². The number of aliphatic hydroxyl groups excluding tert-OH is 1. The van der Waals surface area contributed by atoms with E-state index in [1.54, 1.807) is 0 Å². The van der Waals surface area contributed by atoms with Gasteiger partial charge in [0.1, 0.15) is 0 Å². The lowest BCUT2D eigenvalue weighted by Gasteiger charge is -2.36. The van der Waals surface area contributed by atoms with E-state index in [9.17, 15) is 9.90 Å². The van der Waals surface area contributed by atoms with Crippen LogP contribution in [0.2, 0.25) is 0 Å². The second-order valence-corrected chi connectivity index (χ2v) is 7.60. The number of aliphatic hydroxyl groups is 1. The predicted molar refractivity (Wildman–Crippen MR) is 98.1 cm³/mol. The first kappa shape index (κ1) is 18.7. The molecule has 0 bridgehead atoms. The van der Waals surface area contributed by atoms with E-state index in [-0.39, 0.29) is 12.5 Å². The van der Waals surface area contributed by atoms with Gasteiger partial charge in [0.05, 0.1) is 19.7 Å². The van der Waals surface area contributed by atoms with Gasteiger partial charge in [0, 0.05) is 44.8 Å². The third-order valence-electron chi connectivity index (χ3n) is 6.03. The van der Waals surface area contributed by atoms with Crippen molar-refractivity contribution in [3.8, 4) is 12.3 Å². The zero-order valence-electron chi connectivity index (χ0n) is 15.3. The summed E-state index contributed by atoms with van der Waals surface area (Å²) in [4.78, 5) is 21.7. The van der Waals surface area contributed by atoms with Gasteiger partial charge < -0.3 is 10.0 Å². The molecule has 0 aromatic carbocycles. The van der Waals surface area contributed by atoms with Crippen LogP contribution in [0.1, 0.15) is 25.7 Å². The van der Waals surface area contributed by atoms with E-state index < -0.39 is 0 Å². The van der Waals surface area contributed by atoms with Crippen LogP contribution in [0.15, 0.2) is 0 Å². The Morgan fingerprint density at radius 3 is 2.36 bits per heavy atom. The van der Waals surface area contributed by atoms with Gasteiger partial charge >= 0.3 is 0 Å². The van der Waals surface area contributed by atoms with Crippen molar-refractivity contribution in [2.75, 3.05) is 65.5 Å². The zero-order chi connectivity index (χ0) is 17.6. The van der Waals surface area contributed by atoms with Crippen LogP contribution in [-0.4, -0.2) is 108 Å². The summed E-state index contributed by atoms with van der Waals surface area (Å²) in [6, 6.07) is 0.779. The van der Waals surface area contributed by atoms with Crippen LogP contribution in [0.3, 0.4) is 0 Å². The van der Waals surface area contributed by atoms with E-state index >= 15 is 0 Å². The quantitative estimate of drug-likeness (QED) is 0.667. The van der Waals surface area contributed by atoms with Crippen LogP contribution in [0, 0.1) is 12.3 Å². The van der Waals surface area contributed by atoms with Gasteiger partial charge in [-0.15, -0.1) is 6.42 Å². The molecule has 140 valence electrons. The van der Waals surface area contributed by atoms with Gasteiger partial charge in [0.2, 0.25) is 5.91 Å². The molecule has 0 aromatic rings. The molecule has 3 saturated heterocycles. The highest BCUT2D eigenvalue weighted by molar-refractivity contribution is 5.78. The predicted octanol–water partition coefficient (Wildman–Crippen LogP) is -0.315. The molecule has 2 atom stereocenters. The highest BCUT2D eigenvalue weighted by atomic mass is 16.3. The van der Waals surface area contributed by atoms with E-state index in [0.717, 1.165) is 58.7 Å². The molecule has 0 saturated carbocycles. The number of likely N-dealkylation sites (tertiary alicyclic amines) is 2. The third kappa shape index (κ3) is 4.73. The van der Waals surface area contributed by atoms with Crippen LogP contribution in [-0.2, 0) is 4.79 Å². The molecule has 6 heteroatoms. The minimum atomic E-state index is 0.257. The Bertz CT molecular complexity index is 484. The maximum atomic E-state index is 12.7. The standard InChI is InChI=1S/C19H32N4O2/c1-2-7-20-10-12-21(13-11-20)19(25)15-23-9-3-5-17(23)14-22-8-4-6-18(22)16-24/h1,17-18,24H,3-16H2. The van der Waals surface area contributed by atoms with E-state index in [1.165, 1.54) is 12.8 Å². The van der Waals surface area contributed by atoms with Gasteiger partial charge in [-0.05, 0) is 38.8 Å². The summed E-state index contributed by atoms with van der Waals surface area (Å²) in [6.45, 7) is 7.91. The largest absolute Gasteiger partial charge is 0.395 e. The summed E-state index contributed by atoms with van der Waals surface area (Å²) in [5.74, 6) is 2.94. The second kappa shape index (κ2) is 9.00. The lowest BCUT2D eigenvalue weighted by molar-refractivity contribution is -0.134. The van der Waals surface area contributed by atoms with Crippen LogP contribution in [0.4, 0.5) is 0 Å². The molecule has 1 amide bonds. The number of hydrogen-bond acceptors (Lipinski definition) is 5. The minimum Gasteiger partial charge on any atom is -0.395 e. The topological polar surface area (TPSA) is 50.3 Å². The maximum Gasteiger partial charge on any atom is 0.236 e.